The van der Waals surface area contributed by atoms with E-state index in [0.717, 1.165) is 22.3 Å². The van der Waals surface area contributed by atoms with Crippen molar-refractivity contribution >= 4 is 32.5 Å². The molecule has 0 aliphatic rings. The number of aromatic nitrogens is 3. The number of fused-ring (bicyclic) bond motifs is 1. The molecule has 0 saturated carbocycles. The Morgan fingerprint density at radius 1 is 1.13 bits per heavy atom. The van der Waals surface area contributed by atoms with Crippen LogP contribution in [0.4, 0.5) is 5.69 Å². The van der Waals surface area contributed by atoms with Crippen molar-refractivity contribution in [1.29, 1.82) is 0 Å². The van der Waals surface area contributed by atoms with Gasteiger partial charge in [-0.05, 0) is 37.5 Å². The van der Waals surface area contributed by atoms with Gasteiger partial charge >= 0.3 is 0 Å². The summed E-state index contributed by atoms with van der Waals surface area (Å²) in [6, 6.07) is 6.62. The van der Waals surface area contributed by atoms with Crippen molar-refractivity contribution in [3.8, 4) is 0 Å². The molecule has 0 saturated heterocycles. The molecule has 3 rings (SSSR count). The van der Waals surface area contributed by atoms with Crippen molar-refractivity contribution < 1.29 is 13.2 Å². The van der Waals surface area contributed by atoms with Crippen molar-refractivity contribution in [1.82, 2.24) is 20.1 Å². The number of amides is 1. The van der Waals surface area contributed by atoms with Gasteiger partial charge in [-0.15, -0.1) is 0 Å². The summed E-state index contributed by atoms with van der Waals surface area (Å²) in [5.74, 6) is 0.109. The molecule has 0 unspecified atom stereocenters. The lowest BCUT2D eigenvalue weighted by Crippen LogP contribution is -2.27. The maximum Gasteiger partial charge on any atom is 0.255 e. The van der Waals surface area contributed by atoms with E-state index in [1.54, 1.807) is 41.3 Å². The van der Waals surface area contributed by atoms with E-state index in [9.17, 15) is 13.2 Å². The maximum absolute atomic E-state index is 13.0. The first-order chi connectivity index (χ1) is 14.6. The molecule has 1 aromatic carbocycles. The SMILES string of the molecule is CCn1ncc2c(N[C@H](C)C(C)C)c(C(=O)NCc3ccc(S(C)(=O)=O)cc3)cnc21. The van der Waals surface area contributed by atoms with Gasteiger partial charge in [0.2, 0.25) is 0 Å². The van der Waals surface area contributed by atoms with Crippen LogP contribution in [0.3, 0.4) is 0 Å². The average Bonchev–Trinajstić information content (AvgIpc) is 3.15. The van der Waals surface area contributed by atoms with Gasteiger partial charge < -0.3 is 10.6 Å². The molecule has 8 nitrogen and oxygen atoms in total. The summed E-state index contributed by atoms with van der Waals surface area (Å²) in [6.45, 7) is 9.26. The Morgan fingerprint density at radius 3 is 2.39 bits per heavy atom. The van der Waals surface area contributed by atoms with Crippen LogP contribution >= 0.6 is 0 Å². The molecule has 0 aliphatic heterocycles. The fourth-order valence-corrected chi connectivity index (χ4v) is 3.74. The van der Waals surface area contributed by atoms with E-state index in [0.29, 0.717) is 18.0 Å². The summed E-state index contributed by atoms with van der Waals surface area (Å²) < 4.78 is 25.0. The van der Waals surface area contributed by atoms with E-state index >= 15 is 0 Å². The summed E-state index contributed by atoms with van der Waals surface area (Å²) >= 11 is 0. The zero-order valence-corrected chi connectivity index (χ0v) is 19.3. The highest BCUT2D eigenvalue weighted by molar-refractivity contribution is 7.90. The molecule has 0 fully saturated rings. The van der Waals surface area contributed by atoms with Crippen molar-refractivity contribution in [3.05, 3.63) is 47.8 Å². The van der Waals surface area contributed by atoms with Gasteiger partial charge in [-0.1, -0.05) is 26.0 Å². The first-order valence-corrected chi connectivity index (χ1v) is 12.2. The number of aryl methyl sites for hydroxylation is 1. The van der Waals surface area contributed by atoms with E-state index in [2.05, 4.69) is 41.5 Å². The third kappa shape index (κ3) is 5.04. The lowest BCUT2D eigenvalue weighted by Gasteiger charge is -2.21. The molecule has 2 aromatic heterocycles. The highest BCUT2D eigenvalue weighted by Crippen LogP contribution is 2.28. The minimum atomic E-state index is -3.25. The first kappa shape index (κ1) is 22.7. The number of anilines is 1. The summed E-state index contributed by atoms with van der Waals surface area (Å²) in [6.07, 6.45) is 4.48. The van der Waals surface area contributed by atoms with Crippen LogP contribution in [0, 0.1) is 5.92 Å². The van der Waals surface area contributed by atoms with E-state index in [1.807, 2.05) is 6.92 Å². The first-order valence-electron chi connectivity index (χ1n) is 10.3. The number of pyridine rings is 1. The van der Waals surface area contributed by atoms with Crippen LogP contribution in [0.2, 0.25) is 0 Å². The Morgan fingerprint density at radius 2 is 1.81 bits per heavy atom. The van der Waals surface area contributed by atoms with Crippen LogP contribution in [0.5, 0.6) is 0 Å². The lowest BCUT2D eigenvalue weighted by molar-refractivity contribution is 0.0951. The number of rotatable bonds is 8. The number of nitrogens with one attached hydrogen (secondary N) is 2. The quantitative estimate of drug-likeness (QED) is 0.554. The molecular weight excluding hydrogens is 414 g/mol. The Kier molecular flexibility index (Phi) is 6.64. The molecule has 0 bridgehead atoms. The second kappa shape index (κ2) is 9.05. The van der Waals surface area contributed by atoms with Gasteiger partial charge in [0.05, 0.1) is 27.7 Å². The molecule has 1 atom stereocenters. The molecule has 166 valence electrons. The third-order valence-corrected chi connectivity index (χ3v) is 6.52. The Hall–Kier alpha value is -2.94. The van der Waals surface area contributed by atoms with Crippen molar-refractivity contribution in [2.75, 3.05) is 11.6 Å². The minimum Gasteiger partial charge on any atom is -0.381 e. The van der Waals surface area contributed by atoms with E-state index in [-0.39, 0.29) is 23.4 Å². The van der Waals surface area contributed by atoms with E-state index in [4.69, 9.17) is 0 Å². The standard InChI is InChI=1S/C22H29N5O3S/c1-6-27-21-18(13-25-27)20(26-15(4)14(2)3)19(12-23-21)22(28)24-11-16-7-9-17(10-8-16)31(5,29)30/h7-10,12-15H,6,11H2,1-5H3,(H,23,26)(H,24,28)/t15-/m1/s1. The Balaban J connectivity index is 1.87. The van der Waals surface area contributed by atoms with Crippen LogP contribution in [-0.4, -0.2) is 41.4 Å². The lowest BCUT2D eigenvalue weighted by atomic mass is 10.0. The Labute approximate surface area is 183 Å². The highest BCUT2D eigenvalue weighted by atomic mass is 32.2. The van der Waals surface area contributed by atoms with Crippen molar-refractivity contribution in [2.45, 2.75) is 51.7 Å². The zero-order chi connectivity index (χ0) is 22.8. The number of hydrogen-bond acceptors (Lipinski definition) is 6. The molecule has 1 amide bonds. The summed E-state index contributed by atoms with van der Waals surface area (Å²) in [5.41, 5.74) is 2.70. The van der Waals surface area contributed by atoms with Crippen molar-refractivity contribution in [3.63, 3.8) is 0 Å². The van der Waals surface area contributed by atoms with Gasteiger partial charge in [0.25, 0.3) is 5.91 Å². The molecule has 0 radical (unpaired) electrons. The number of carbonyl (C=O) groups is 1. The van der Waals surface area contributed by atoms with Gasteiger partial charge in [-0.2, -0.15) is 5.10 Å². The van der Waals surface area contributed by atoms with Crippen LogP contribution in [0.25, 0.3) is 11.0 Å². The predicted molar refractivity (Wildman–Crippen MR) is 122 cm³/mol. The number of nitrogens with zero attached hydrogens (tertiary/aromatic N) is 3. The molecule has 2 N–H and O–H groups in total. The normalized spacial score (nSPS) is 12.8. The smallest absolute Gasteiger partial charge is 0.255 e. The fourth-order valence-electron chi connectivity index (χ4n) is 3.11. The molecule has 31 heavy (non-hydrogen) atoms. The van der Waals surface area contributed by atoms with E-state index in [1.165, 1.54) is 6.26 Å². The molecule has 2 heterocycles. The third-order valence-electron chi connectivity index (χ3n) is 5.39. The van der Waals surface area contributed by atoms with Crippen LogP contribution in [0.1, 0.15) is 43.6 Å². The second-order valence-electron chi connectivity index (χ2n) is 8.02. The molecular formula is C22H29N5O3S. The van der Waals surface area contributed by atoms with Gasteiger partial charge in [0, 0.05) is 31.6 Å². The van der Waals surface area contributed by atoms with Crippen LogP contribution in [0.15, 0.2) is 41.6 Å². The van der Waals surface area contributed by atoms with Gasteiger partial charge in [-0.25, -0.2) is 18.1 Å². The highest BCUT2D eigenvalue weighted by Gasteiger charge is 2.20. The average molecular weight is 444 g/mol. The molecule has 9 heteroatoms. The summed E-state index contributed by atoms with van der Waals surface area (Å²) in [5, 5.41) is 11.6. The maximum atomic E-state index is 13.0. The van der Waals surface area contributed by atoms with Gasteiger partial charge in [-0.3, -0.25) is 4.79 Å². The second-order valence-corrected chi connectivity index (χ2v) is 10.0. The molecule has 3 aromatic rings. The zero-order valence-electron chi connectivity index (χ0n) is 18.5. The topological polar surface area (TPSA) is 106 Å². The van der Waals surface area contributed by atoms with E-state index < -0.39 is 9.84 Å². The van der Waals surface area contributed by atoms with Gasteiger partial charge in [0.1, 0.15) is 0 Å². The minimum absolute atomic E-state index is 0.144. The van der Waals surface area contributed by atoms with Crippen molar-refractivity contribution in [2.24, 2.45) is 5.92 Å². The molecule has 0 aliphatic carbocycles. The number of sulfone groups is 1. The Bertz CT molecular complexity index is 1180. The number of benzene rings is 1. The van der Waals surface area contributed by atoms with Gasteiger partial charge in [0.15, 0.2) is 15.5 Å². The largest absolute Gasteiger partial charge is 0.381 e. The summed E-state index contributed by atoms with van der Waals surface area (Å²) in [7, 11) is -3.25. The van der Waals surface area contributed by atoms with Crippen LogP contribution < -0.4 is 10.6 Å². The molecule has 0 spiro atoms. The number of carbonyl (C=O) groups excluding carboxylic acids is 1. The predicted octanol–water partition coefficient (Wildman–Crippen LogP) is 3.24. The van der Waals surface area contributed by atoms with Crippen LogP contribution in [-0.2, 0) is 22.9 Å². The fraction of sp³-hybridized carbons (Fsp3) is 0.409. The monoisotopic (exact) mass is 443 g/mol. The number of hydrogen-bond donors (Lipinski definition) is 2. The summed E-state index contributed by atoms with van der Waals surface area (Å²) in [4.78, 5) is 17.7.